The molecule has 2 heteroatoms. The van der Waals surface area contributed by atoms with Crippen molar-refractivity contribution in [2.75, 3.05) is 13.3 Å². The van der Waals surface area contributed by atoms with Gasteiger partial charge in [-0.15, -0.1) is 0 Å². The molecule has 1 saturated heterocycles. The van der Waals surface area contributed by atoms with Crippen LogP contribution in [0.15, 0.2) is 24.0 Å². The molecule has 2 rings (SSSR count). The van der Waals surface area contributed by atoms with Crippen LogP contribution >= 0.6 is 0 Å². The summed E-state index contributed by atoms with van der Waals surface area (Å²) in [5.41, 5.74) is 0. The minimum Gasteiger partial charge on any atom is -0.481 e. The lowest BCUT2D eigenvalue weighted by atomic mass is 10.1. The molecule has 2 nitrogen and oxygen atoms in total. The molecule has 1 fully saturated rings. The predicted octanol–water partition coefficient (Wildman–Crippen LogP) is 1.51. The standard InChI is InChI=1S/C9H13NO/c1-2-10-7-11-9-6-4-3-5-8(9)10/h3-4,6,8H,2,5,7H2,1H3. The number of hydrogen-bond donors (Lipinski definition) is 0. The summed E-state index contributed by atoms with van der Waals surface area (Å²) in [5.74, 6) is 1.15. The maximum atomic E-state index is 5.50. The molecule has 1 atom stereocenters. The molecule has 0 saturated carbocycles. The quantitative estimate of drug-likeness (QED) is 0.563. The molecule has 60 valence electrons. The first-order valence-electron chi connectivity index (χ1n) is 4.15. The zero-order valence-electron chi connectivity index (χ0n) is 6.79. The van der Waals surface area contributed by atoms with Crippen LogP contribution in [0.2, 0.25) is 0 Å². The average molecular weight is 151 g/mol. The Bertz CT molecular complexity index is 208. The number of rotatable bonds is 1. The second-order valence-electron chi connectivity index (χ2n) is 2.93. The van der Waals surface area contributed by atoms with Gasteiger partial charge >= 0.3 is 0 Å². The smallest absolute Gasteiger partial charge is 0.142 e. The van der Waals surface area contributed by atoms with Crippen molar-refractivity contribution in [3.8, 4) is 0 Å². The lowest BCUT2D eigenvalue weighted by molar-refractivity contribution is 0.164. The van der Waals surface area contributed by atoms with E-state index in [9.17, 15) is 0 Å². The molecule has 0 aromatic rings. The summed E-state index contributed by atoms with van der Waals surface area (Å²) < 4.78 is 5.50. The van der Waals surface area contributed by atoms with Crippen LogP contribution in [-0.2, 0) is 4.74 Å². The Kier molecular flexibility index (Phi) is 1.70. The Morgan fingerprint density at radius 1 is 1.73 bits per heavy atom. The van der Waals surface area contributed by atoms with Gasteiger partial charge in [0.05, 0.1) is 6.04 Å². The van der Waals surface area contributed by atoms with E-state index in [0.29, 0.717) is 6.04 Å². The van der Waals surface area contributed by atoms with Crippen LogP contribution in [0.25, 0.3) is 0 Å². The summed E-state index contributed by atoms with van der Waals surface area (Å²) in [6, 6.07) is 0.532. The third kappa shape index (κ3) is 1.07. The van der Waals surface area contributed by atoms with Crippen molar-refractivity contribution < 1.29 is 4.74 Å². The first kappa shape index (κ1) is 6.92. The number of hydrogen-bond acceptors (Lipinski definition) is 2. The highest BCUT2D eigenvalue weighted by Gasteiger charge is 2.29. The number of ether oxygens (including phenoxy) is 1. The zero-order valence-corrected chi connectivity index (χ0v) is 6.79. The monoisotopic (exact) mass is 151 g/mol. The van der Waals surface area contributed by atoms with Gasteiger partial charge in [0.25, 0.3) is 0 Å². The van der Waals surface area contributed by atoms with E-state index in [1.54, 1.807) is 0 Å². The molecule has 0 aromatic carbocycles. The second-order valence-corrected chi connectivity index (χ2v) is 2.93. The van der Waals surface area contributed by atoms with Crippen molar-refractivity contribution in [2.45, 2.75) is 19.4 Å². The minimum atomic E-state index is 0.532. The fraction of sp³-hybridized carbons (Fsp3) is 0.556. The fourth-order valence-electron chi connectivity index (χ4n) is 1.63. The Morgan fingerprint density at radius 2 is 2.64 bits per heavy atom. The maximum absolute atomic E-state index is 5.50. The van der Waals surface area contributed by atoms with Crippen LogP contribution in [0.3, 0.4) is 0 Å². The summed E-state index contributed by atoms with van der Waals surface area (Å²) in [5, 5.41) is 0. The molecule has 2 aliphatic rings. The molecule has 11 heavy (non-hydrogen) atoms. The van der Waals surface area contributed by atoms with Crippen LogP contribution in [0, 0.1) is 0 Å². The maximum Gasteiger partial charge on any atom is 0.142 e. The molecule has 0 spiro atoms. The van der Waals surface area contributed by atoms with Crippen LogP contribution in [0.4, 0.5) is 0 Å². The van der Waals surface area contributed by atoms with Gasteiger partial charge in [0.15, 0.2) is 0 Å². The van der Waals surface area contributed by atoms with Gasteiger partial charge in [-0.1, -0.05) is 19.1 Å². The van der Waals surface area contributed by atoms with Crippen LogP contribution in [-0.4, -0.2) is 24.2 Å². The van der Waals surface area contributed by atoms with Gasteiger partial charge in [-0.25, -0.2) is 0 Å². The number of nitrogens with zero attached hydrogens (tertiary/aromatic N) is 1. The first-order chi connectivity index (χ1) is 5.42. The second kappa shape index (κ2) is 2.70. The van der Waals surface area contributed by atoms with Crippen molar-refractivity contribution in [2.24, 2.45) is 0 Å². The number of allylic oxidation sites excluding steroid dienone is 2. The third-order valence-corrected chi connectivity index (χ3v) is 2.33. The van der Waals surface area contributed by atoms with Crippen LogP contribution in [0.5, 0.6) is 0 Å². The van der Waals surface area contributed by atoms with Crippen LogP contribution < -0.4 is 0 Å². The van der Waals surface area contributed by atoms with Gasteiger partial charge in [0.1, 0.15) is 12.5 Å². The van der Waals surface area contributed by atoms with Crippen molar-refractivity contribution >= 4 is 0 Å². The van der Waals surface area contributed by atoms with E-state index in [4.69, 9.17) is 4.74 Å². The normalized spacial score (nSPS) is 29.5. The Morgan fingerprint density at radius 3 is 3.45 bits per heavy atom. The minimum absolute atomic E-state index is 0.532. The van der Waals surface area contributed by atoms with E-state index >= 15 is 0 Å². The Hall–Kier alpha value is -0.760. The lowest BCUT2D eigenvalue weighted by Crippen LogP contribution is -2.29. The molecular formula is C9H13NO. The Labute approximate surface area is 67.1 Å². The topological polar surface area (TPSA) is 12.5 Å². The average Bonchev–Trinajstić information content (AvgIpc) is 2.47. The van der Waals surface area contributed by atoms with E-state index in [2.05, 4.69) is 30.1 Å². The highest BCUT2D eigenvalue weighted by atomic mass is 16.5. The predicted molar refractivity (Wildman–Crippen MR) is 44.0 cm³/mol. The third-order valence-electron chi connectivity index (χ3n) is 2.33. The first-order valence-corrected chi connectivity index (χ1v) is 4.15. The van der Waals surface area contributed by atoms with Crippen molar-refractivity contribution in [3.05, 3.63) is 24.0 Å². The van der Waals surface area contributed by atoms with E-state index in [0.717, 1.165) is 25.5 Å². The van der Waals surface area contributed by atoms with Gasteiger partial charge < -0.3 is 4.74 Å². The molecule has 0 aromatic heterocycles. The van der Waals surface area contributed by atoms with Gasteiger partial charge in [-0.2, -0.15) is 0 Å². The molecule has 1 heterocycles. The summed E-state index contributed by atoms with van der Waals surface area (Å²) in [6.07, 6.45) is 7.46. The molecule has 0 amide bonds. The van der Waals surface area contributed by atoms with Crippen LogP contribution in [0.1, 0.15) is 13.3 Å². The molecule has 0 radical (unpaired) electrons. The number of likely N-dealkylation sites (N-methyl/N-ethyl adjacent to an activating group) is 1. The van der Waals surface area contributed by atoms with E-state index in [1.165, 1.54) is 0 Å². The van der Waals surface area contributed by atoms with E-state index in [1.807, 2.05) is 0 Å². The molecule has 1 aliphatic heterocycles. The van der Waals surface area contributed by atoms with Crippen molar-refractivity contribution in [3.63, 3.8) is 0 Å². The summed E-state index contributed by atoms with van der Waals surface area (Å²) in [7, 11) is 0. The lowest BCUT2D eigenvalue weighted by Gasteiger charge is -2.19. The largest absolute Gasteiger partial charge is 0.481 e. The molecule has 1 aliphatic carbocycles. The van der Waals surface area contributed by atoms with Gasteiger partial charge in [0, 0.05) is 0 Å². The zero-order chi connectivity index (χ0) is 7.68. The van der Waals surface area contributed by atoms with Gasteiger partial charge in [-0.05, 0) is 19.0 Å². The summed E-state index contributed by atoms with van der Waals surface area (Å²) in [6.45, 7) is 4.02. The van der Waals surface area contributed by atoms with Crippen molar-refractivity contribution in [1.82, 2.24) is 4.90 Å². The highest BCUT2D eigenvalue weighted by molar-refractivity contribution is 5.21. The summed E-state index contributed by atoms with van der Waals surface area (Å²) in [4.78, 5) is 2.34. The summed E-state index contributed by atoms with van der Waals surface area (Å²) >= 11 is 0. The van der Waals surface area contributed by atoms with E-state index < -0.39 is 0 Å². The SMILES string of the molecule is CCN1COC2=CC=CCC21. The molecule has 0 N–H and O–H groups in total. The molecular weight excluding hydrogens is 138 g/mol. The van der Waals surface area contributed by atoms with Crippen molar-refractivity contribution in [1.29, 1.82) is 0 Å². The fourth-order valence-corrected chi connectivity index (χ4v) is 1.63. The number of fused-ring (bicyclic) bond motifs is 1. The highest BCUT2D eigenvalue weighted by Crippen LogP contribution is 2.25. The Balaban J connectivity index is 2.15. The molecule has 0 bridgehead atoms. The van der Waals surface area contributed by atoms with Gasteiger partial charge in [0.2, 0.25) is 0 Å². The molecule has 1 unspecified atom stereocenters. The van der Waals surface area contributed by atoms with E-state index in [-0.39, 0.29) is 0 Å². The van der Waals surface area contributed by atoms with Gasteiger partial charge in [-0.3, -0.25) is 4.90 Å².